The smallest absolute Gasteiger partial charge is 0.352 e. The third-order valence-electron chi connectivity index (χ3n) is 3.66. The van der Waals surface area contributed by atoms with Crippen molar-refractivity contribution in [2.24, 2.45) is 0 Å². The van der Waals surface area contributed by atoms with Gasteiger partial charge in [-0.15, -0.1) is 11.3 Å². The van der Waals surface area contributed by atoms with Gasteiger partial charge in [-0.05, 0) is 6.07 Å². The number of pyridine rings is 1. The predicted octanol–water partition coefficient (Wildman–Crippen LogP) is 4.22. The molecular weight excluding hydrogens is 414 g/mol. The van der Waals surface area contributed by atoms with Gasteiger partial charge in [-0.25, -0.2) is 14.8 Å². The summed E-state index contributed by atoms with van der Waals surface area (Å²) in [4.78, 5) is 23.2. The number of aromatic nitrogens is 2. The molecule has 1 N–H and O–H groups in total. The minimum Gasteiger partial charge on any atom is -0.352 e. The van der Waals surface area contributed by atoms with E-state index in [0.29, 0.717) is 42.0 Å². The van der Waals surface area contributed by atoms with E-state index in [4.69, 9.17) is 23.2 Å². The summed E-state index contributed by atoms with van der Waals surface area (Å²) in [5.41, 5.74) is -1.02. The van der Waals surface area contributed by atoms with Crippen LogP contribution >= 0.6 is 34.5 Å². The predicted molar refractivity (Wildman–Crippen MR) is 94.2 cm³/mol. The van der Waals surface area contributed by atoms with Gasteiger partial charge < -0.3 is 9.80 Å². The van der Waals surface area contributed by atoms with Crippen molar-refractivity contribution in [3.8, 4) is 0 Å². The lowest BCUT2D eigenvalue weighted by atomic mass is 10.3. The highest BCUT2D eigenvalue weighted by Gasteiger charge is 2.34. The van der Waals surface area contributed by atoms with Crippen molar-refractivity contribution in [1.29, 1.82) is 0 Å². The van der Waals surface area contributed by atoms with E-state index in [1.54, 1.807) is 6.07 Å². The normalized spacial score (nSPS) is 15.3. The SMILES string of the molecule is O=C(Nc1nc(C(F)(F)F)cs1)N1CCN(c2ncc(Cl)cc2Cl)CC1. The van der Waals surface area contributed by atoms with Crippen LogP contribution in [0.4, 0.5) is 28.9 Å². The van der Waals surface area contributed by atoms with E-state index < -0.39 is 17.9 Å². The van der Waals surface area contributed by atoms with Gasteiger partial charge in [0, 0.05) is 37.8 Å². The maximum Gasteiger partial charge on any atom is 0.434 e. The van der Waals surface area contributed by atoms with Crippen LogP contribution in [-0.4, -0.2) is 47.1 Å². The lowest BCUT2D eigenvalue weighted by molar-refractivity contribution is -0.140. The average molecular weight is 426 g/mol. The number of anilines is 2. The number of nitrogens with zero attached hydrogens (tertiary/aromatic N) is 4. The number of nitrogens with one attached hydrogen (secondary N) is 1. The first kappa shape index (κ1) is 19.0. The number of thiazole rings is 1. The largest absolute Gasteiger partial charge is 0.434 e. The molecule has 1 aliphatic rings. The van der Waals surface area contributed by atoms with Crippen LogP contribution in [0.5, 0.6) is 0 Å². The zero-order valence-electron chi connectivity index (χ0n) is 13.1. The number of urea groups is 1. The summed E-state index contributed by atoms with van der Waals surface area (Å²) >= 11 is 12.7. The zero-order valence-corrected chi connectivity index (χ0v) is 15.4. The lowest BCUT2D eigenvalue weighted by Crippen LogP contribution is -2.50. The van der Waals surface area contributed by atoms with Crippen molar-refractivity contribution in [3.05, 3.63) is 33.4 Å². The van der Waals surface area contributed by atoms with E-state index >= 15 is 0 Å². The first-order valence-electron chi connectivity index (χ1n) is 7.38. The number of hydrogen-bond donors (Lipinski definition) is 1. The van der Waals surface area contributed by atoms with Crippen molar-refractivity contribution in [1.82, 2.24) is 14.9 Å². The monoisotopic (exact) mass is 425 g/mol. The Hall–Kier alpha value is -1.78. The molecule has 0 bridgehead atoms. The highest BCUT2D eigenvalue weighted by atomic mass is 35.5. The summed E-state index contributed by atoms with van der Waals surface area (Å²) in [6, 6.07) is 1.09. The number of rotatable bonds is 2. The van der Waals surface area contributed by atoms with Crippen LogP contribution in [-0.2, 0) is 6.18 Å². The number of hydrogen-bond acceptors (Lipinski definition) is 5. The van der Waals surface area contributed by atoms with E-state index in [-0.39, 0.29) is 5.13 Å². The molecule has 0 unspecified atom stereocenters. The van der Waals surface area contributed by atoms with Gasteiger partial charge in [0.1, 0.15) is 5.82 Å². The molecule has 2 amide bonds. The van der Waals surface area contributed by atoms with Crippen molar-refractivity contribution in [3.63, 3.8) is 0 Å². The molecule has 0 aromatic carbocycles. The van der Waals surface area contributed by atoms with Crippen LogP contribution in [0.25, 0.3) is 0 Å². The molecule has 6 nitrogen and oxygen atoms in total. The van der Waals surface area contributed by atoms with Crippen LogP contribution in [0.1, 0.15) is 5.69 Å². The molecular formula is C14H12Cl2F3N5OS. The standard InChI is InChI=1S/C14H12Cl2F3N5OS/c15-8-5-9(16)11(20-6-8)23-1-3-24(4-2-23)13(25)22-12-21-10(7-26-12)14(17,18)19/h5-7H,1-4H2,(H,21,22,25). The highest BCUT2D eigenvalue weighted by Crippen LogP contribution is 2.32. The van der Waals surface area contributed by atoms with Crippen molar-refractivity contribution < 1.29 is 18.0 Å². The van der Waals surface area contributed by atoms with Crippen molar-refractivity contribution >= 4 is 51.5 Å². The summed E-state index contributed by atoms with van der Waals surface area (Å²) < 4.78 is 37.6. The summed E-state index contributed by atoms with van der Waals surface area (Å²) in [5, 5.41) is 4.01. The summed E-state index contributed by atoms with van der Waals surface area (Å²) in [6.45, 7) is 1.69. The Bertz CT molecular complexity index is 808. The van der Waals surface area contributed by atoms with Crippen LogP contribution in [0.3, 0.4) is 0 Å². The molecule has 26 heavy (non-hydrogen) atoms. The average Bonchev–Trinajstić information content (AvgIpc) is 3.04. The second kappa shape index (κ2) is 7.45. The van der Waals surface area contributed by atoms with E-state index in [2.05, 4.69) is 15.3 Å². The summed E-state index contributed by atoms with van der Waals surface area (Å²) in [5.74, 6) is 0.575. The Morgan fingerprint density at radius 1 is 1.23 bits per heavy atom. The molecule has 140 valence electrons. The molecule has 12 heteroatoms. The Morgan fingerprint density at radius 3 is 2.50 bits per heavy atom. The van der Waals surface area contributed by atoms with Crippen LogP contribution in [0.2, 0.25) is 10.0 Å². The summed E-state index contributed by atoms with van der Waals surface area (Å²) in [6.07, 6.45) is -3.04. The van der Waals surface area contributed by atoms with E-state index in [0.717, 1.165) is 16.7 Å². The number of amides is 2. The molecule has 3 heterocycles. The quantitative estimate of drug-likeness (QED) is 0.782. The van der Waals surface area contributed by atoms with Crippen molar-refractivity contribution in [2.75, 3.05) is 36.4 Å². The van der Waals surface area contributed by atoms with Gasteiger partial charge in [-0.2, -0.15) is 13.2 Å². The maximum absolute atomic E-state index is 12.5. The first-order chi connectivity index (χ1) is 12.2. The molecule has 0 saturated carbocycles. The topological polar surface area (TPSA) is 61.4 Å². The van der Waals surface area contributed by atoms with Gasteiger partial charge in [0.05, 0.1) is 10.0 Å². The van der Waals surface area contributed by atoms with E-state index in [9.17, 15) is 18.0 Å². The minimum atomic E-state index is -4.53. The van der Waals surface area contributed by atoms with Gasteiger partial charge in [0.15, 0.2) is 10.8 Å². The number of carbonyl (C=O) groups is 1. The minimum absolute atomic E-state index is 0.0906. The van der Waals surface area contributed by atoms with Gasteiger partial charge in [0.2, 0.25) is 0 Å². The zero-order chi connectivity index (χ0) is 18.9. The fourth-order valence-electron chi connectivity index (χ4n) is 2.39. The van der Waals surface area contributed by atoms with Gasteiger partial charge in [-0.3, -0.25) is 5.32 Å². The Kier molecular flexibility index (Phi) is 5.44. The third-order valence-corrected chi connectivity index (χ3v) is 4.91. The molecule has 1 saturated heterocycles. The molecule has 1 fully saturated rings. The van der Waals surface area contributed by atoms with Gasteiger partial charge in [-0.1, -0.05) is 23.2 Å². The van der Waals surface area contributed by atoms with Crippen LogP contribution in [0, 0.1) is 0 Å². The van der Waals surface area contributed by atoms with Gasteiger partial charge in [0.25, 0.3) is 0 Å². The second-order valence-corrected chi connectivity index (χ2v) is 7.10. The second-order valence-electron chi connectivity index (χ2n) is 5.40. The van der Waals surface area contributed by atoms with E-state index in [1.807, 2.05) is 4.90 Å². The van der Waals surface area contributed by atoms with Gasteiger partial charge >= 0.3 is 12.2 Å². The first-order valence-corrected chi connectivity index (χ1v) is 9.02. The lowest BCUT2D eigenvalue weighted by Gasteiger charge is -2.35. The number of halogens is 5. The maximum atomic E-state index is 12.5. The molecule has 0 radical (unpaired) electrons. The third kappa shape index (κ3) is 4.30. The number of piperazine rings is 1. The number of alkyl halides is 3. The van der Waals surface area contributed by atoms with Crippen LogP contribution in [0.15, 0.2) is 17.6 Å². The molecule has 2 aromatic rings. The molecule has 2 aromatic heterocycles. The molecule has 0 atom stereocenters. The highest BCUT2D eigenvalue weighted by molar-refractivity contribution is 7.13. The number of carbonyl (C=O) groups excluding carboxylic acids is 1. The molecule has 0 spiro atoms. The van der Waals surface area contributed by atoms with Crippen LogP contribution < -0.4 is 10.2 Å². The molecule has 0 aliphatic carbocycles. The Labute approximate surface area is 160 Å². The molecule has 3 rings (SSSR count). The van der Waals surface area contributed by atoms with E-state index in [1.165, 1.54) is 11.1 Å². The Morgan fingerprint density at radius 2 is 1.92 bits per heavy atom. The fourth-order valence-corrected chi connectivity index (χ4v) is 3.60. The molecule has 1 aliphatic heterocycles. The summed E-state index contributed by atoms with van der Waals surface area (Å²) in [7, 11) is 0. The van der Waals surface area contributed by atoms with Crippen molar-refractivity contribution in [2.45, 2.75) is 6.18 Å². The fraction of sp³-hybridized carbons (Fsp3) is 0.357. The Balaban J connectivity index is 1.57.